The Morgan fingerprint density at radius 2 is 2.15 bits per heavy atom. The lowest BCUT2D eigenvalue weighted by Crippen LogP contribution is -2.35. The second kappa shape index (κ2) is 6.85. The first kappa shape index (κ1) is 15.9. The van der Waals surface area contributed by atoms with Crippen LogP contribution in [0, 0.1) is 10.1 Å². The van der Waals surface area contributed by atoms with Crippen molar-refractivity contribution in [2.24, 2.45) is 0 Å². The second-order valence-electron chi connectivity index (χ2n) is 4.54. The van der Waals surface area contributed by atoms with E-state index >= 15 is 0 Å². The predicted octanol–water partition coefficient (Wildman–Crippen LogP) is 2.15. The third kappa shape index (κ3) is 3.67. The predicted molar refractivity (Wildman–Crippen MR) is 74.4 cm³/mol. The van der Waals surface area contributed by atoms with E-state index in [1.807, 2.05) is 18.7 Å². The highest BCUT2D eigenvalue weighted by Crippen LogP contribution is 2.27. The number of nitro benzene ring substituents is 1. The number of benzene rings is 1. The molecule has 0 aromatic heterocycles. The van der Waals surface area contributed by atoms with Crippen LogP contribution < -0.4 is 4.90 Å². The molecule has 0 unspecified atom stereocenters. The Labute approximate surface area is 116 Å². The van der Waals surface area contributed by atoms with Crippen LogP contribution >= 0.6 is 0 Å². The van der Waals surface area contributed by atoms with Gasteiger partial charge in [0.2, 0.25) is 0 Å². The van der Waals surface area contributed by atoms with E-state index in [2.05, 4.69) is 0 Å². The number of nitro groups is 1. The number of anilines is 1. The number of nitrogens with zero attached hydrogens (tertiary/aromatic N) is 2. The van der Waals surface area contributed by atoms with E-state index in [0.29, 0.717) is 18.8 Å². The summed E-state index contributed by atoms with van der Waals surface area (Å²) in [6.07, 6.45) is 0. The molecule has 0 amide bonds. The summed E-state index contributed by atoms with van der Waals surface area (Å²) in [5.41, 5.74) is 0.140. The first-order valence-corrected chi connectivity index (χ1v) is 6.15. The highest BCUT2D eigenvalue weighted by atomic mass is 16.6. The van der Waals surface area contributed by atoms with Crippen molar-refractivity contribution in [3.05, 3.63) is 33.9 Å². The van der Waals surface area contributed by atoms with Gasteiger partial charge in [-0.25, -0.2) is 4.79 Å². The number of aromatic carboxylic acids is 1. The van der Waals surface area contributed by atoms with Gasteiger partial charge in [-0.15, -0.1) is 0 Å². The SMILES string of the molecule is COCCN(c1ccc([N+](=O)[O-])cc1C(=O)O)C(C)C. The fourth-order valence-electron chi connectivity index (χ4n) is 1.91. The van der Waals surface area contributed by atoms with Gasteiger partial charge in [0.05, 0.1) is 22.8 Å². The van der Waals surface area contributed by atoms with E-state index in [9.17, 15) is 20.0 Å². The van der Waals surface area contributed by atoms with Crippen molar-refractivity contribution < 1.29 is 19.6 Å². The zero-order valence-corrected chi connectivity index (χ0v) is 11.7. The minimum absolute atomic E-state index is 0.0460. The number of non-ortho nitro benzene ring substituents is 1. The second-order valence-corrected chi connectivity index (χ2v) is 4.54. The number of rotatable bonds is 7. The van der Waals surface area contributed by atoms with Crippen LogP contribution in [0.2, 0.25) is 0 Å². The quantitative estimate of drug-likeness (QED) is 0.608. The van der Waals surface area contributed by atoms with Gasteiger partial charge in [0, 0.05) is 31.8 Å². The fourth-order valence-corrected chi connectivity index (χ4v) is 1.91. The molecular formula is C13H18N2O5. The minimum Gasteiger partial charge on any atom is -0.478 e. The maximum absolute atomic E-state index is 11.3. The zero-order chi connectivity index (χ0) is 15.3. The van der Waals surface area contributed by atoms with Crippen molar-refractivity contribution >= 4 is 17.3 Å². The molecule has 7 nitrogen and oxygen atoms in total. The molecule has 1 aromatic rings. The molecule has 0 spiro atoms. The highest BCUT2D eigenvalue weighted by Gasteiger charge is 2.21. The van der Waals surface area contributed by atoms with E-state index in [4.69, 9.17) is 4.74 Å². The number of carboxylic acids is 1. The van der Waals surface area contributed by atoms with E-state index in [1.54, 1.807) is 7.11 Å². The van der Waals surface area contributed by atoms with Gasteiger partial charge in [0.1, 0.15) is 0 Å². The van der Waals surface area contributed by atoms with Gasteiger partial charge >= 0.3 is 5.97 Å². The lowest BCUT2D eigenvalue weighted by molar-refractivity contribution is -0.384. The van der Waals surface area contributed by atoms with Crippen LogP contribution in [-0.2, 0) is 4.74 Å². The molecule has 7 heteroatoms. The molecule has 1 aromatic carbocycles. The molecule has 1 N–H and O–H groups in total. The van der Waals surface area contributed by atoms with Gasteiger partial charge in [-0.2, -0.15) is 0 Å². The van der Waals surface area contributed by atoms with Gasteiger partial charge in [0.15, 0.2) is 0 Å². The van der Waals surface area contributed by atoms with Crippen molar-refractivity contribution in [2.75, 3.05) is 25.2 Å². The molecule has 0 aliphatic carbocycles. The van der Waals surface area contributed by atoms with Crippen molar-refractivity contribution in [3.63, 3.8) is 0 Å². The average Bonchev–Trinajstić information content (AvgIpc) is 2.38. The number of hydrogen-bond acceptors (Lipinski definition) is 5. The Kier molecular flexibility index (Phi) is 5.45. The summed E-state index contributed by atoms with van der Waals surface area (Å²) in [5.74, 6) is -1.19. The molecule has 0 fully saturated rings. The first-order valence-electron chi connectivity index (χ1n) is 6.15. The van der Waals surface area contributed by atoms with E-state index in [-0.39, 0.29) is 17.3 Å². The topological polar surface area (TPSA) is 92.9 Å². The smallest absolute Gasteiger partial charge is 0.338 e. The third-order valence-corrected chi connectivity index (χ3v) is 2.89. The molecule has 1 rings (SSSR count). The summed E-state index contributed by atoms with van der Waals surface area (Å²) in [4.78, 5) is 23.3. The van der Waals surface area contributed by atoms with Crippen LogP contribution in [0.4, 0.5) is 11.4 Å². The summed E-state index contributed by atoms with van der Waals surface area (Å²) < 4.78 is 5.01. The van der Waals surface area contributed by atoms with E-state index < -0.39 is 10.9 Å². The number of carboxylic acid groups (broad SMARTS) is 1. The normalized spacial score (nSPS) is 10.6. The van der Waals surface area contributed by atoms with E-state index in [1.165, 1.54) is 12.1 Å². The third-order valence-electron chi connectivity index (χ3n) is 2.89. The van der Waals surface area contributed by atoms with Crippen LogP contribution in [0.15, 0.2) is 18.2 Å². The lowest BCUT2D eigenvalue weighted by atomic mass is 10.1. The summed E-state index contributed by atoms with van der Waals surface area (Å²) in [5, 5.41) is 20.0. The lowest BCUT2D eigenvalue weighted by Gasteiger charge is -2.29. The highest BCUT2D eigenvalue weighted by molar-refractivity contribution is 5.95. The van der Waals surface area contributed by atoms with Crippen molar-refractivity contribution in [1.29, 1.82) is 0 Å². The zero-order valence-electron chi connectivity index (χ0n) is 11.7. The van der Waals surface area contributed by atoms with Crippen LogP contribution in [0.1, 0.15) is 24.2 Å². The van der Waals surface area contributed by atoms with Crippen LogP contribution in [-0.4, -0.2) is 42.3 Å². The number of ether oxygens (including phenoxy) is 1. The minimum atomic E-state index is -1.19. The Bertz CT molecular complexity index is 502. The number of carbonyl (C=O) groups is 1. The molecule has 110 valence electrons. The van der Waals surface area contributed by atoms with Crippen molar-refractivity contribution in [3.8, 4) is 0 Å². The molecule has 0 saturated heterocycles. The molecule has 0 heterocycles. The summed E-state index contributed by atoms with van der Waals surface area (Å²) >= 11 is 0. The maximum Gasteiger partial charge on any atom is 0.338 e. The average molecular weight is 282 g/mol. The summed E-state index contributed by atoms with van der Waals surface area (Å²) in [6, 6.07) is 3.91. The molecule has 0 saturated carbocycles. The Morgan fingerprint density at radius 3 is 2.60 bits per heavy atom. The number of hydrogen-bond donors (Lipinski definition) is 1. The van der Waals surface area contributed by atoms with Crippen LogP contribution in [0.3, 0.4) is 0 Å². The molecule has 0 aliphatic rings. The summed E-state index contributed by atoms with van der Waals surface area (Å²) in [7, 11) is 1.56. The maximum atomic E-state index is 11.3. The molecular weight excluding hydrogens is 264 g/mol. The van der Waals surface area contributed by atoms with Gasteiger partial charge in [-0.3, -0.25) is 10.1 Å². The summed E-state index contributed by atoms with van der Waals surface area (Å²) in [6.45, 7) is 4.78. The molecule has 20 heavy (non-hydrogen) atoms. The molecule has 0 atom stereocenters. The van der Waals surface area contributed by atoms with Crippen LogP contribution in [0.25, 0.3) is 0 Å². The molecule has 0 radical (unpaired) electrons. The van der Waals surface area contributed by atoms with Crippen molar-refractivity contribution in [2.45, 2.75) is 19.9 Å². The van der Waals surface area contributed by atoms with E-state index in [0.717, 1.165) is 6.07 Å². The van der Waals surface area contributed by atoms with Crippen LogP contribution in [0.5, 0.6) is 0 Å². The molecule has 0 bridgehead atoms. The standard InChI is InChI=1S/C13H18N2O5/c1-9(2)14(6-7-20-3)12-5-4-10(15(18)19)8-11(12)13(16)17/h4-5,8-9H,6-7H2,1-3H3,(H,16,17). The van der Waals surface area contributed by atoms with Gasteiger partial charge < -0.3 is 14.7 Å². The Hall–Kier alpha value is -2.15. The monoisotopic (exact) mass is 282 g/mol. The molecule has 0 aliphatic heterocycles. The van der Waals surface area contributed by atoms with Gasteiger partial charge in [0.25, 0.3) is 5.69 Å². The Morgan fingerprint density at radius 1 is 1.50 bits per heavy atom. The van der Waals surface area contributed by atoms with Gasteiger partial charge in [-0.1, -0.05) is 0 Å². The van der Waals surface area contributed by atoms with Gasteiger partial charge in [-0.05, 0) is 19.9 Å². The Balaban J connectivity index is 3.26. The largest absolute Gasteiger partial charge is 0.478 e. The van der Waals surface area contributed by atoms with Crippen molar-refractivity contribution in [1.82, 2.24) is 0 Å². The fraction of sp³-hybridized carbons (Fsp3) is 0.462. The number of methoxy groups -OCH3 is 1. The first-order chi connectivity index (χ1) is 9.38.